The van der Waals surface area contributed by atoms with Crippen LogP contribution in [0.5, 0.6) is 0 Å². The molecule has 0 saturated heterocycles. The molecule has 0 unspecified atom stereocenters. The second kappa shape index (κ2) is 5.20. The average molecular weight is 147 g/mol. The molecule has 0 aliphatic carbocycles. The van der Waals surface area contributed by atoms with E-state index in [-0.39, 0.29) is 9.90 Å². The second-order valence-corrected chi connectivity index (χ2v) is 2.57. The van der Waals surface area contributed by atoms with Crippen LogP contribution in [-0.4, -0.2) is 31.2 Å². The Morgan fingerprint density at radius 1 is 0.889 bits per heavy atom. The van der Waals surface area contributed by atoms with Crippen molar-refractivity contribution in [3.05, 3.63) is 0 Å². The standard InChI is InChI=1S/C7H18N.P/c1-5-8(4,6-2)7-3;/h5-7H2,1-4H3;/q+1;+3. The van der Waals surface area contributed by atoms with E-state index in [1.165, 1.54) is 24.1 Å². The molecule has 0 aliphatic heterocycles. The molecule has 0 N–H and O–H groups in total. The van der Waals surface area contributed by atoms with Crippen LogP contribution in [0.1, 0.15) is 20.8 Å². The Labute approximate surface area is 62.6 Å². The first-order chi connectivity index (χ1) is 3.68. The van der Waals surface area contributed by atoms with Crippen LogP contribution in [0.3, 0.4) is 0 Å². The van der Waals surface area contributed by atoms with Gasteiger partial charge in [0, 0.05) is 0 Å². The molecule has 1 nitrogen and oxygen atoms in total. The summed E-state index contributed by atoms with van der Waals surface area (Å²) < 4.78 is 1.21. The van der Waals surface area contributed by atoms with E-state index in [1.54, 1.807) is 0 Å². The molecule has 0 heterocycles. The molecule has 0 rings (SSSR count). The van der Waals surface area contributed by atoms with Gasteiger partial charge in [-0.2, -0.15) is 0 Å². The third kappa shape index (κ3) is 3.89. The number of nitrogens with zero attached hydrogens (tertiary/aromatic N) is 1. The number of quaternary nitrogens is 1. The van der Waals surface area contributed by atoms with Gasteiger partial charge in [0.15, 0.2) is 0 Å². The van der Waals surface area contributed by atoms with Crippen LogP contribution in [0.15, 0.2) is 0 Å². The van der Waals surface area contributed by atoms with E-state index in [4.69, 9.17) is 0 Å². The van der Waals surface area contributed by atoms with Crippen molar-refractivity contribution in [1.29, 1.82) is 0 Å². The minimum atomic E-state index is 0. The molecule has 0 saturated carbocycles. The summed E-state index contributed by atoms with van der Waals surface area (Å²) in [6.45, 7) is 10.5. The zero-order chi connectivity index (χ0) is 6.62. The van der Waals surface area contributed by atoms with E-state index in [9.17, 15) is 0 Å². The van der Waals surface area contributed by atoms with Crippen molar-refractivity contribution in [2.75, 3.05) is 26.7 Å². The molecule has 0 bridgehead atoms. The van der Waals surface area contributed by atoms with Crippen LogP contribution in [0.4, 0.5) is 0 Å². The molecule has 2 heteroatoms. The summed E-state index contributed by atoms with van der Waals surface area (Å²) >= 11 is 0. The molecule has 0 aromatic carbocycles. The fourth-order valence-electron chi connectivity index (χ4n) is 0.671. The first-order valence-electron chi connectivity index (χ1n) is 3.52. The second-order valence-electron chi connectivity index (χ2n) is 2.57. The van der Waals surface area contributed by atoms with Gasteiger partial charge in [-0.1, -0.05) is 0 Å². The van der Waals surface area contributed by atoms with Gasteiger partial charge in [0.05, 0.1) is 26.7 Å². The van der Waals surface area contributed by atoms with Gasteiger partial charge >= 0.3 is 9.90 Å². The van der Waals surface area contributed by atoms with Crippen molar-refractivity contribution >= 4 is 9.90 Å². The van der Waals surface area contributed by atoms with Gasteiger partial charge in [-0.25, -0.2) is 0 Å². The predicted molar refractivity (Wildman–Crippen MR) is 44.7 cm³/mol. The molecular weight excluding hydrogens is 129 g/mol. The molecule has 0 spiro atoms. The van der Waals surface area contributed by atoms with Crippen LogP contribution >= 0.6 is 9.90 Å². The third-order valence-electron chi connectivity index (χ3n) is 2.29. The first-order valence-corrected chi connectivity index (χ1v) is 3.52. The summed E-state index contributed by atoms with van der Waals surface area (Å²) in [5.41, 5.74) is 0. The fourth-order valence-corrected chi connectivity index (χ4v) is 0.671. The summed E-state index contributed by atoms with van der Waals surface area (Å²) in [6.07, 6.45) is 0. The minimum absolute atomic E-state index is 0. The Morgan fingerprint density at radius 3 is 1.11 bits per heavy atom. The maximum Gasteiger partial charge on any atom is 3.00 e. The smallest absolute Gasteiger partial charge is 0.327 e. The largest absolute Gasteiger partial charge is 3.00 e. The maximum atomic E-state index is 2.29. The van der Waals surface area contributed by atoms with E-state index in [2.05, 4.69) is 27.8 Å². The van der Waals surface area contributed by atoms with E-state index < -0.39 is 0 Å². The Balaban J connectivity index is 0. The van der Waals surface area contributed by atoms with Crippen molar-refractivity contribution in [2.24, 2.45) is 0 Å². The molecule has 0 fully saturated rings. The van der Waals surface area contributed by atoms with E-state index >= 15 is 0 Å². The molecular formula is C7H18NP+4. The van der Waals surface area contributed by atoms with Crippen LogP contribution in [0, 0.1) is 0 Å². The summed E-state index contributed by atoms with van der Waals surface area (Å²) in [6, 6.07) is 0. The normalized spacial score (nSPS) is 10.7. The fraction of sp³-hybridized carbons (Fsp3) is 1.00. The van der Waals surface area contributed by atoms with Crippen LogP contribution < -0.4 is 0 Å². The molecule has 0 atom stereocenters. The molecule has 9 heavy (non-hydrogen) atoms. The number of rotatable bonds is 3. The molecule has 52 valence electrons. The zero-order valence-corrected chi connectivity index (χ0v) is 7.91. The quantitative estimate of drug-likeness (QED) is 0.424. The van der Waals surface area contributed by atoms with E-state index in [0.29, 0.717) is 0 Å². The predicted octanol–water partition coefficient (Wildman–Crippen LogP) is 2.35. The first kappa shape index (κ1) is 12.1. The van der Waals surface area contributed by atoms with Crippen molar-refractivity contribution in [1.82, 2.24) is 0 Å². The Bertz CT molecular complexity index is 51.7. The van der Waals surface area contributed by atoms with Crippen LogP contribution in [0.25, 0.3) is 0 Å². The summed E-state index contributed by atoms with van der Waals surface area (Å²) in [7, 11) is 2.29. The third-order valence-corrected chi connectivity index (χ3v) is 2.29. The van der Waals surface area contributed by atoms with Gasteiger partial charge in [0.1, 0.15) is 0 Å². The van der Waals surface area contributed by atoms with E-state index in [0.717, 1.165) is 0 Å². The molecule has 0 aromatic rings. The van der Waals surface area contributed by atoms with Crippen LogP contribution in [0.2, 0.25) is 0 Å². The van der Waals surface area contributed by atoms with Crippen molar-refractivity contribution in [2.45, 2.75) is 20.8 Å². The molecule has 0 aliphatic rings. The van der Waals surface area contributed by atoms with Gasteiger partial charge in [-0.15, -0.1) is 0 Å². The number of hydrogen-bond donors (Lipinski definition) is 0. The van der Waals surface area contributed by atoms with Crippen molar-refractivity contribution < 1.29 is 4.48 Å². The summed E-state index contributed by atoms with van der Waals surface area (Å²) in [4.78, 5) is 0. The van der Waals surface area contributed by atoms with Crippen LogP contribution in [-0.2, 0) is 0 Å². The summed E-state index contributed by atoms with van der Waals surface area (Å²) in [5, 5.41) is 0. The average Bonchev–Trinajstić information content (AvgIpc) is 1.87. The Hall–Kier alpha value is 0.390. The topological polar surface area (TPSA) is 0 Å². The van der Waals surface area contributed by atoms with Crippen molar-refractivity contribution in [3.63, 3.8) is 0 Å². The van der Waals surface area contributed by atoms with Gasteiger partial charge in [0.2, 0.25) is 0 Å². The van der Waals surface area contributed by atoms with Crippen molar-refractivity contribution in [3.8, 4) is 0 Å². The van der Waals surface area contributed by atoms with Gasteiger partial charge in [-0.05, 0) is 20.8 Å². The van der Waals surface area contributed by atoms with Gasteiger partial charge < -0.3 is 4.48 Å². The van der Waals surface area contributed by atoms with Gasteiger partial charge in [-0.3, -0.25) is 0 Å². The Morgan fingerprint density at radius 2 is 1.11 bits per heavy atom. The monoisotopic (exact) mass is 147 g/mol. The molecule has 0 amide bonds. The summed E-state index contributed by atoms with van der Waals surface area (Å²) in [5.74, 6) is 0. The zero-order valence-electron chi connectivity index (χ0n) is 7.02. The Kier molecular flexibility index (Phi) is 6.99. The molecule has 2 radical (unpaired) electrons. The maximum absolute atomic E-state index is 2.29. The SMILES string of the molecule is CC[N+](C)(CC)CC.[P+3]. The minimum Gasteiger partial charge on any atom is -0.327 e. The number of hydrogen-bond acceptors (Lipinski definition) is 0. The van der Waals surface area contributed by atoms with E-state index in [1.807, 2.05) is 0 Å². The van der Waals surface area contributed by atoms with Gasteiger partial charge in [0.25, 0.3) is 0 Å². The molecule has 0 aromatic heterocycles.